The number of fused-ring (bicyclic) bond motifs is 2. The summed E-state index contributed by atoms with van der Waals surface area (Å²) >= 11 is 0. The van der Waals surface area contributed by atoms with Crippen LogP contribution in [0, 0.1) is 12.7 Å². The lowest BCUT2D eigenvalue weighted by Crippen LogP contribution is -2.42. The van der Waals surface area contributed by atoms with Crippen molar-refractivity contribution < 1.29 is 19.0 Å². The zero-order chi connectivity index (χ0) is 26.6. The van der Waals surface area contributed by atoms with Gasteiger partial charge in [-0.3, -0.25) is 9.78 Å². The fraction of sp³-hybridized carbons (Fsp3) is 0.345. The number of ether oxygens (including phenoxy) is 1. The van der Waals surface area contributed by atoms with E-state index in [1.165, 1.54) is 11.8 Å². The van der Waals surface area contributed by atoms with E-state index in [1.54, 1.807) is 0 Å². The van der Waals surface area contributed by atoms with Gasteiger partial charge < -0.3 is 25.5 Å². The van der Waals surface area contributed by atoms with Crippen LogP contribution in [0.15, 0.2) is 41.3 Å². The minimum atomic E-state index is -1.36. The molecule has 6 rings (SSSR count). The van der Waals surface area contributed by atoms with E-state index in [-0.39, 0.29) is 29.1 Å². The number of aromatic carboxylic acids is 1. The molecule has 0 radical (unpaired) electrons. The molecule has 4 aromatic rings. The summed E-state index contributed by atoms with van der Waals surface area (Å²) < 4.78 is 23.7. The Hall–Kier alpha value is -4.14. The molecule has 1 aliphatic heterocycles. The number of aromatic nitrogens is 2. The number of anilines is 2. The van der Waals surface area contributed by atoms with Gasteiger partial charge in [-0.1, -0.05) is 31.0 Å². The van der Waals surface area contributed by atoms with Gasteiger partial charge >= 0.3 is 5.97 Å². The molecule has 0 unspecified atom stereocenters. The minimum absolute atomic E-state index is 0.106. The van der Waals surface area contributed by atoms with Gasteiger partial charge in [0.1, 0.15) is 17.9 Å². The van der Waals surface area contributed by atoms with Crippen molar-refractivity contribution in [3.63, 3.8) is 0 Å². The lowest BCUT2D eigenvalue weighted by molar-refractivity contribution is 0.0692. The summed E-state index contributed by atoms with van der Waals surface area (Å²) in [5.74, 6) is -1.95. The Morgan fingerprint density at radius 3 is 2.82 bits per heavy atom. The van der Waals surface area contributed by atoms with E-state index < -0.39 is 28.3 Å². The Balaban J connectivity index is 1.38. The number of carboxylic acid groups (broad SMARTS) is 1. The summed E-state index contributed by atoms with van der Waals surface area (Å²) in [5, 5.41) is 13.8. The van der Waals surface area contributed by atoms with Crippen molar-refractivity contribution in [2.45, 2.75) is 51.0 Å². The van der Waals surface area contributed by atoms with Crippen molar-refractivity contribution in [2.24, 2.45) is 0 Å². The molecule has 2 aromatic carbocycles. The third kappa shape index (κ3) is 3.68. The van der Waals surface area contributed by atoms with Gasteiger partial charge in [0, 0.05) is 23.8 Å². The predicted octanol–water partition coefficient (Wildman–Crippen LogP) is 4.98. The molecule has 1 aliphatic carbocycles. The maximum absolute atomic E-state index is 15.7. The molecular formula is C29H29FN4O4. The van der Waals surface area contributed by atoms with Gasteiger partial charge in [-0.2, -0.15) is 0 Å². The summed E-state index contributed by atoms with van der Waals surface area (Å²) in [6.07, 6.45) is 6.33. The first-order valence-electron chi connectivity index (χ1n) is 13.0. The predicted molar refractivity (Wildman–Crippen MR) is 145 cm³/mol. The minimum Gasteiger partial charge on any atom is -0.487 e. The molecular weight excluding hydrogens is 487 g/mol. The zero-order valence-corrected chi connectivity index (χ0v) is 21.1. The van der Waals surface area contributed by atoms with Crippen LogP contribution in [0.1, 0.15) is 53.7 Å². The fourth-order valence-electron chi connectivity index (χ4n) is 6.16. The van der Waals surface area contributed by atoms with E-state index in [0.717, 1.165) is 48.7 Å². The molecule has 9 heteroatoms. The summed E-state index contributed by atoms with van der Waals surface area (Å²) in [5.41, 5.74) is 7.66. The molecule has 2 aromatic heterocycles. The van der Waals surface area contributed by atoms with E-state index in [9.17, 15) is 14.7 Å². The van der Waals surface area contributed by atoms with E-state index in [1.807, 2.05) is 29.7 Å². The number of carbonyl (C=O) groups is 1. The number of hydrogen-bond acceptors (Lipinski definition) is 6. The fourth-order valence-corrected chi connectivity index (χ4v) is 6.16. The number of nitrogens with two attached hydrogens (primary N) is 1. The molecule has 1 saturated carbocycles. The Bertz CT molecular complexity index is 1670. The van der Waals surface area contributed by atoms with E-state index >= 15 is 4.39 Å². The number of para-hydroxylation sites is 1. The van der Waals surface area contributed by atoms with Crippen molar-refractivity contribution in [2.75, 3.05) is 24.2 Å². The average molecular weight is 517 g/mol. The molecule has 0 saturated heterocycles. The van der Waals surface area contributed by atoms with Crippen LogP contribution in [0.3, 0.4) is 0 Å². The maximum Gasteiger partial charge on any atom is 0.341 e. The van der Waals surface area contributed by atoms with E-state index in [2.05, 4.69) is 22.4 Å². The highest BCUT2D eigenvalue weighted by Crippen LogP contribution is 2.48. The molecule has 3 heterocycles. The van der Waals surface area contributed by atoms with Gasteiger partial charge in [-0.15, -0.1) is 0 Å². The monoisotopic (exact) mass is 516 g/mol. The lowest BCUT2D eigenvalue weighted by atomic mass is 9.93. The Kier molecular flexibility index (Phi) is 5.74. The zero-order valence-electron chi connectivity index (χ0n) is 21.1. The lowest BCUT2D eigenvalue weighted by Gasteiger charge is -2.39. The number of rotatable bonds is 6. The number of carboxylic acids is 1. The summed E-state index contributed by atoms with van der Waals surface area (Å²) in [4.78, 5) is 29.6. The Morgan fingerprint density at radius 2 is 2.05 bits per heavy atom. The first kappa shape index (κ1) is 24.2. The molecule has 4 N–H and O–H groups in total. The summed E-state index contributed by atoms with van der Waals surface area (Å²) in [7, 11) is 0. The quantitative estimate of drug-likeness (QED) is 0.244. The van der Waals surface area contributed by atoms with Crippen LogP contribution < -0.4 is 21.2 Å². The normalized spacial score (nSPS) is 15.7. The van der Waals surface area contributed by atoms with Crippen LogP contribution >= 0.6 is 0 Å². The highest BCUT2D eigenvalue weighted by Gasteiger charge is 2.43. The van der Waals surface area contributed by atoms with Crippen molar-refractivity contribution in [1.82, 2.24) is 9.55 Å². The number of nitrogen functional groups attached to an aromatic ring is 1. The highest BCUT2D eigenvalue weighted by atomic mass is 19.1. The third-order valence-electron chi connectivity index (χ3n) is 7.99. The number of benzene rings is 2. The molecule has 0 atom stereocenters. The summed E-state index contributed by atoms with van der Waals surface area (Å²) in [6, 6.07) is 10.1. The second-order valence-corrected chi connectivity index (χ2v) is 10.4. The molecule has 8 nitrogen and oxygen atoms in total. The van der Waals surface area contributed by atoms with Crippen molar-refractivity contribution in [1.29, 1.82) is 0 Å². The van der Waals surface area contributed by atoms with Crippen molar-refractivity contribution in [3.8, 4) is 5.75 Å². The van der Waals surface area contributed by atoms with Crippen LogP contribution in [0.25, 0.3) is 21.8 Å². The Labute approximate surface area is 218 Å². The van der Waals surface area contributed by atoms with Gasteiger partial charge in [-0.25, -0.2) is 9.18 Å². The Morgan fingerprint density at radius 1 is 1.29 bits per heavy atom. The van der Waals surface area contributed by atoms with E-state index in [0.29, 0.717) is 18.5 Å². The van der Waals surface area contributed by atoms with Crippen LogP contribution in [-0.4, -0.2) is 33.8 Å². The van der Waals surface area contributed by atoms with Gasteiger partial charge in [0.15, 0.2) is 11.6 Å². The van der Waals surface area contributed by atoms with Gasteiger partial charge in [0.05, 0.1) is 27.6 Å². The largest absolute Gasteiger partial charge is 0.487 e. The third-order valence-corrected chi connectivity index (χ3v) is 7.99. The number of hydrogen-bond donors (Lipinski definition) is 3. The molecule has 1 spiro atoms. The molecule has 0 bridgehead atoms. The molecule has 1 fully saturated rings. The standard InChI is InChI=1S/C29H29FN4O4/c1-16-13-17(18-8-2-3-9-20(18)33-16)7-6-12-32-24-22(30)23(31)21-25-27(24)38-15-29(10-4-5-11-29)34(25)14-19(26(21)35)28(36)37/h2-3,8-9,13-14,32H,4-7,10-12,15,31H2,1H3,(H,36,37). The topological polar surface area (TPSA) is 119 Å². The number of pyridine rings is 2. The van der Waals surface area contributed by atoms with Gasteiger partial charge in [0.25, 0.3) is 0 Å². The number of nitrogens with one attached hydrogen (secondary N) is 1. The molecule has 38 heavy (non-hydrogen) atoms. The molecule has 2 aliphatic rings. The first-order valence-corrected chi connectivity index (χ1v) is 13.0. The molecule has 0 amide bonds. The second kappa shape index (κ2) is 9.01. The molecule has 196 valence electrons. The van der Waals surface area contributed by atoms with Crippen molar-refractivity contribution in [3.05, 3.63) is 69.4 Å². The van der Waals surface area contributed by atoms with E-state index in [4.69, 9.17) is 10.5 Å². The van der Waals surface area contributed by atoms with Gasteiger partial charge in [-0.05, 0) is 50.3 Å². The van der Waals surface area contributed by atoms with Crippen molar-refractivity contribution >= 4 is 39.1 Å². The average Bonchev–Trinajstić information content (AvgIpc) is 3.37. The number of nitrogens with zero attached hydrogens (tertiary/aromatic N) is 2. The highest BCUT2D eigenvalue weighted by molar-refractivity contribution is 6.03. The first-order chi connectivity index (χ1) is 18.3. The maximum atomic E-state index is 15.7. The number of aryl methyl sites for hydroxylation is 2. The van der Waals surface area contributed by atoms with Crippen LogP contribution in [0.2, 0.25) is 0 Å². The van der Waals surface area contributed by atoms with Crippen LogP contribution in [0.4, 0.5) is 15.8 Å². The van der Waals surface area contributed by atoms with Crippen LogP contribution in [-0.2, 0) is 12.0 Å². The second-order valence-electron chi connectivity index (χ2n) is 10.4. The van der Waals surface area contributed by atoms with Gasteiger partial charge in [0.2, 0.25) is 5.43 Å². The smallest absolute Gasteiger partial charge is 0.341 e. The number of halogens is 1. The summed E-state index contributed by atoms with van der Waals surface area (Å²) in [6.45, 7) is 2.68. The van der Waals surface area contributed by atoms with Crippen LogP contribution in [0.5, 0.6) is 5.75 Å². The SMILES string of the molecule is Cc1cc(CCCNc2c(F)c(N)c3c(=O)c(C(=O)O)cn4c3c2OCC42CCCC2)c2ccccc2n1.